The van der Waals surface area contributed by atoms with Gasteiger partial charge in [-0.3, -0.25) is 0 Å². The molecule has 4 rings (SSSR count). The zero-order chi connectivity index (χ0) is 20.1. The van der Waals surface area contributed by atoms with Crippen LogP contribution in [0.4, 0.5) is 0 Å². The fourth-order valence-corrected chi connectivity index (χ4v) is 11.2. The molecule has 0 bridgehead atoms. The molecule has 0 nitrogen and oxygen atoms in total. The van der Waals surface area contributed by atoms with Crippen LogP contribution in [-0.4, -0.2) is 8.07 Å². The molecule has 144 valence electrons. The summed E-state index contributed by atoms with van der Waals surface area (Å²) in [5.41, 5.74) is 13.3. The maximum atomic E-state index is 2.62. The monoisotopic (exact) mass is 384 g/mol. The third-order valence-electron chi connectivity index (χ3n) is 7.09. The van der Waals surface area contributed by atoms with Gasteiger partial charge in [-0.2, -0.15) is 0 Å². The number of fused-ring (bicyclic) bond motifs is 1. The van der Waals surface area contributed by atoms with Crippen LogP contribution in [0.15, 0.2) is 76.9 Å². The number of hydrogen-bond donors (Lipinski definition) is 0. The van der Waals surface area contributed by atoms with Gasteiger partial charge in [-0.15, -0.1) is 0 Å². The second-order valence-electron chi connectivity index (χ2n) is 9.19. The molecule has 0 aromatic heterocycles. The van der Waals surface area contributed by atoms with E-state index < -0.39 is 8.07 Å². The van der Waals surface area contributed by atoms with Gasteiger partial charge < -0.3 is 0 Å². The molecule has 28 heavy (non-hydrogen) atoms. The first-order chi connectivity index (χ1) is 13.4. The predicted octanol–water partition coefficient (Wildman–Crippen LogP) is 8.16. The molecule has 0 aliphatic heterocycles. The van der Waals surface area contributed by atoms with E-state index in [0.29, 0.717) is 11.1 Å². The Kier molecular flexibility index (Phi) is 4.83. The lowest BCUT2D eigenvalue weighted by Crippen LogP contribution is -2.41. The Morgan fingerprint density at radius 3 is 2.14 bits per heavy atom. The molecule has 0 heterocycles. The van der Waals surface area contributed by atoms with E-state index in [4.69, 9.17) is 0 Å². The second kappa shape index (κ2) is 7.04. The molecule has 2 aromatic carbocycles. The standard InChI is InChI=1S/C27H32Si/c1-7-21-17-25-23(22-12-9-8-10-13-22)14-11-15-24(25)27(21)28(5,6)26-19(3)16-18(2)20(26)4/h8-17,26-27H,7H2,1-6H3. The van der Waals surface area contributed by atoms with Gasteiger partial charge in [0, 0.05) is 5.54 Å². The number of rotatable bonds is 4. The molecule has 2 aliphatic rings. The Morgan fingerprint density at radius 2 is 1.54 bits per heavy atom. The van der Waals surface area contributed by atoms with Crippen molar-refractivity contribution in [2.75, 3.05) is 0 Å². The zero-order valence-corrected chi connectivity index (χ0v) is 19.1. The molecule has 2 aromatic rings. The number of benzene rings is 2. The highest BCUT2D eigenvalue weighted by atomic mass is 28.3. The smallest absolute Gasteiger partial charge is 0.0686 e. The van der Waals surface area contributed by atoms with E-state index in [-0.39, 0.29) is 0 Å². The van der Waals surface area contributed by atoms with E-state index >= 15 is 0 Å². The summed E-state index contributed by atoms with van der Waals surface area (Å²) >= 11 is 0. The van der Waals surface area contributed by atoms with Gasteiger partial charge in [0.1, 0.15) is 0 Å². The first-order valence-electron chi connectivity index (χ1n) is 10.6. The topological polar surface area (TPSA) is 0 Å². The summed E-state index contributed by atoms with van der Waals surface area (Å²) in [6.45, 7) is 14.6. The third-order valence-corrected chi connectivity index (χ3v) is 11.6. The van der Waals surface area contributed by atoms with Crippen LogP contribution in [0.5, 0.6) is 0 Å². The van der Waals surface area contributed by atoms with Crippen molar-refractivity contribution in [1.82, 2.24) is 0 Å². The Bertz CT molecular complexity index is 1000. The summed E-state index contributed by atoms with van der Waals surface area (Å²) in [4.78, 5) is 0. The lowest BCUT2D eigenvalue weighted by atomic mass is 9.97. The molecule has 0 N–H and O–H groups in total. The maximum absolute atomic E-state index is 2.62. The molecule has 0 radical (unpaired) electrons. The molecule has 0 spiro atoms. The normalized spacial score (nSPS) is 21.6. The molecule has 2 aliphatic carbocycles. The molecule has 0 saturated heterocycles. The van der Waals surface area contributed by atoms with Crippen LogP contribution in [0.2, 0.25) is 18.6 Å². The summed E-state index contributed by atoms with van der Waals surface area (Å²) in [5.74, 6) is 0. The summed E-state index contributed by atoms with van der Waals surface area (Å²) in [7, 11) is -1.66. The van der Waals surface area contributed by atoms with Gasteiger partial charge in [-0.1, -0.05) is 103 Å². The highest BCUT2D eigenvalue weighted by Gasteiger charge is 2.46. The SMILES string of the molecule is CCC1=Cc2c(-c3ccccc3)cccc2C1[Si](C)(C)C1C(C)=CC(C)=C1C. The van der Waals surface area contributed by atoms with E-state index in [0.717, 1.165) is 6.42 Å². The minimum atomic E-state index is -1.66. The van der Waals surface area contributed by atoms with Crippen LogP contribution in [-0.2, 0) is 0 Å². The number of allylic oxidation sites excluding steroid dienone is 5. The van der Waals surface area contributed by atoms with Gasteiger partial charge in [0.2, 0.25) is 0 Å². The molecule has 0 fully saturated rings. The number of hydrogen-bond acceptors (Lipinski definition) is 0. The van der Waals surface area contributed by atoms with Gasteiger partial charge in [0.25, 0.3) is 0 Å². The summed E-state index contributed by atoms with van der Waals surface area (Å²) < 4.78 is 0. The predicted molar refractivity (Wildman–Crippen MR) is 126 cm³/mol. The Morgan fingerprint density at radius 1 is 0.821 bits per heavy atom. The summed E-state index contributed by atoms with van der Waals surface area (Å²) in [6, 6.07) is 17.9. The van der Waals surface area contributed by atoms with Crippen LogP contribution < -0.4 is 0 Å². The van der Waals surface area contributed by atoms with E-state index in [9.17, 15) is 0 Å². The van der Waals surface area contributed by atoms with Crippen molar-refractivity contribution in [2.45, 2.75) is 58.3 Å². The van der Waals surface area contributed by atoms with Crippen molar-refractivity contribution in [1.29, 1.82) is 0 Å². The van der Waals surface area contributed by atoms with Crippen LogP contribution in [0, 0.1) is 0 Å². The van der Waals surface area contributed by atoms with Crippen molar-refractivity contribution in [3.63, 3.8) is 0 Å². The Balaban J connectivity index is 1.86. The first-order valence-corrected chi connectivity index (χ1v) is 13.8. The van der Waals surface area contributed by atoms with E-state index in [1.165, 1.54) is 22.3 Å². The Labute approximate surface area is 171 Å². The van der Waals surface area contributed by atoms with Gasteiger partial charge in [-0.25, -0.2) is 0 Å². The second-order valence-corrected chi connectivity index (χ2v) is 14.0. The Hall–Kier alpha value is -2.12. The lowest BCUT2D eigenvalue weighted by Gasteiger charge is -2.40. The van der Waals surface area contributed by atoms with E-state index in [2.05, 4.69) is 101 Å². The fourth-order valence-electron chi connectivity index (χ4n) is 5.94. The van der Waals surface area contributed by atoms with Gasteiger partial charge >= 0.3 is 0 Å². The van der Waals surface area contributed by atoms with Gasteiger partial charge in [0.05, 0.1) is 8.07 Å². The molecular formula is C27H32Si. The van der Waals surface area contributed by atoms with Crippen LogP contribution in [0.25, 0.3) is 17.2 Å². The van der Waals surface area contributed by atoms with Crippen LogP contribution in [0.3, 0.4) is 0 Å². The van der Waals surface area contributed by atoms with Gasteiger partial charge in [-0.05, 0) is 55.0 Å². The third kappa shape index (κ3) is 2.88. The lowest BCUT2D eigenvalue weighted by molar-refractivity contribution is 0.927. The molecular weight excluding hydrogens is 352 g/mol. The average Bonchev–Trinajstić information content (AvgIpc) is 3.19. The first kappa shape index (κ1) is 19.2. The quantitative estimate of drug-likeness (QED) is 0.466. The van der Waals surface area contributed by atoms with Crippen LogP contribution >= 0.6 is 0 Å². The van der Waals surface area contributed by atoms with Crippen molar-refractivity contribution in [3.8, 4) is 11.1 Å². The highest BCUT2D eigenvalue weighted by Crippen LogP contribution is 2.54. The highest BCUT2D eigenvalue weighted by molar-refractivity contribution is 6.82. The molecule has 1 heteroatoms. The molecule has 2 unspecified atom stereocenters. The van der Waals surface area contributed by atoms with E-state index in [1.807, 2.05) is 0 Å². The van der Waals surface area contributed by atoms with Crippen molar-refractivity contribution >= 4 is 14.1 Å². The van der Waals surface area contributed by atoms with Crippen LogP contribution in [0.1, 0.15) is 50.8 Å². The minimum Gasteiger partial charge on any atom is -0.0686 e. The minimum absolute atomic E-state index is 0.602. The molecule has 0 saturated carbocycles. The van der Waals surface area contributed by atoms with E-state index in [1.54, 1.807) is 22.3 Å². The summed E-state index contributed by atoms with van der Waals surface area (Å²) in [5, 5.41) is 0. The fraction of sp³-hybridized carbons (Fsp3) is 0.333. The molecule has 0 amide bonds. The summed E-state index contributed by atoms with van der Waals surface area (Å²) in [6.07, 6.45) is 6.10. The largest absolute Gasteiger partial charge is 0.0717 e. The van der Waals surface area contributed by atoms with Crippen molar-refractivity contribution < 1.29 is 0 Å². The maximum Gasteiger partial charge on any atom is 0.0717 e. The molecule has 2 atom stereocenters. The zero-order valence-electron chi connectivity index (χ0n) is 18.1. The van der Waals surface area contributed by atoms with Crippen molar-refractivity contribution in [3.05, 3.63) is 88.0 Å². The average molecular weight is 385 g/mol. The van der Waals surface area contributed by atoms with Crippen molar-refractivity contribution in [2.24, 2.45) is 0 Å². The van der Waals surface area contributed by atoms with Gasteiger partial charge in [0.15, 0.2) is 0 Å².